The highest BCUT2D eigenvalue weighted by Gasteiger charge is 2.51. The Hall–Kier alpha value is -6.18. The van der Waals surface area contributed by atoms with Gasteiger partial charge in [-0.1, -0.05) is 158 Å². The van der Waals surface area contributed by atoms with E-state index in [0.717, 1.165) is 34.8 Å². The van der Waals surface area contributed by atoms with Crippen LogP contribution in [0.15, 0.2) is 194 Å². The maximum atomic E-state index is 2.47. The SMILES string of the molecule is c1ccc(-c2ccc(N(c3ccc(-c4ccc(-c5ccc(C67CC8CC(CC(C8)C6)C7)cc5)cc4)cc3)c3ccc(-c4cccc5ccccc45)cc3)cc2)cc1. The summed E-state index contributed by atoms with van der Waals surface area (Å²) in [4.78, 5) is 2.36. The molecule has 0 aromatic heterocycles. The minimum atomic E-state index is 0.450. The van der Waals surface area contributed by atoms with Gasteiger partial charge in [0.25, 0.3) is 0 Å². The zero-order chi connectivity index (χ0) is 37.8. The molecule has 276 valence electrons. The van der Waals surface area contributed by atoms with Crippen LogP contribution in [0.2, 0.25) is 0 Å². The van der Waals surface area contributed by atoms with Crippen LogP contribution in [0.25, 0.3) is 55.3 Å². The van der Waals surface area contributed by atoms with Gasteiger partial charge in [-0.05, 0) is 159 Å². The maximum absolute atomic E-state index is 2.47. The lowest BCUT2D eigenvalue weighted by molar-refractivity contribution is -0.00518. The van der Waals surface area contributed by atoms with Crippen LogP contribution in [0.3, 0.4) is 0 Å². The van der Waals surface area contributed by atoms with Crippen molar-refractivity contribution in [2.45, 2.75) is 43.9 Å². The van der Waals surface area contributed by atoms with Gasteiger partial charge < -0.3 is 4.90 Å². The Kier molecular flexibility index (Phi) is 8.43. The van der Waals surface area contributed by atoms with Gasteiger partial charge >= 0.3 is 0 Å². The second kappa shape index (κ2) is 14.1. The zero-order valence-electron chi connectivity index (χ0n) is 32.4. The van der Waals surface area contributed by atoms with E-state index >= 15 is 0 Å². The summed E-state index contributed by atoms with van der Waals surface area (Å²) in [6, 6.07) is 71.7. The third-order valence-corrected chi connectivity index (χ3v) is 13.7. The van der Waals surface area contributed by atoms with Gasteiger partial charge in [-0.2, -0.15) is 0 Å². The molecule has 1 heteroatoms. The molecule has 4 aliphatic rings. The third-order valence-electron chi connectivity index (χ3n) is 13.7. The van der Waals surface area contributed by atoms with Gasteiger partial charge in [0.15, 0.2) is 0 Å². The molecule has 0 spiro atoms. The molecule has 4 saturated carbocycles. The lowest BCUT2D eigenvalue weighted by Gasteiger charge is -2.57. The molecular formula is C56H47N. The van der Waals surface area contributed by atoms with Gasteiger partial charge in [0.05, 0.1) is 0 Å². The Morgan fingerprint density at radius 1 is 0.333 bits per heavy atom. The van der Waals surface area contributed by atoms with Crippen molar-refractivity contribution >= 4 is 27.8 Å². The van der Waals surface area contributed by atoms with Crippen molar-refractivity contribution in [3.8, 4) is 44.5 Å². The Labute approximate surface area is 337 Å². The molecule has 8 aromatic carbocycles. The molecule has 12 rings (SSSR count). The van der Waals surface area contributed by atoms with Gasteiger partial charge in [-0.3, -0.25) is 0 Å². The van der Waals surface area contributed by atoms with Crippen LogP contribution in [0, 0.1) is 17.8 Å². The minimum absolute atomic E-state index is 0.450. The van der Waals surface area contributed by atoms with Crippen molar-refractivity contribution in [1.82, 2.24) is 0 Å². The molecule has 0 radical (unpaired) electrons. The minimum Gasteiger partial charge on any atom is -0.311 e. The molecule has 1 nitrogen and oxygen atoms in total. The fourth-order valence-electron chi connectivity index (χ4n) is 11.3. The van der Waals surface area contributed by atoms with Gasteiger partial charge in [0.1, 0.15) is 0 Å². The van der Waals surface area contributed by atoms with Crippen molar-refractivity contribution in [3.05, 3.63) is 200 Å². The summed E-state index contributed by atoms with van der Waals surface area (Å²) in [5.41, 5.74) is 15.4. The van der Waals surface area contributed by atoms with Crippen LogP contribution in [-0.4, -0.2) is 0 Å². The summed E-state index contributed by atoms with van der Waals surface area (Å²) in [5.74, 6) is 2.92. The Morgan fingerprint density at radius 2 is 0.719 bits per heavy atom. The van der Waals surface area contributed by atoms with Crippen LogP contribution < -0.4 is 4.90 Å². The normalized spacial score (nSPS) is 20.8. The first-order valence-corrected chi connectivity index (χ1v) is 21.0. The van der Waals surface area contributed by atoms with Crippen LogP contribution in [0.4, 0.5) is 17.1 Å². The smallest absolute Gasteiger partial charge is 0.0462 e. The van der Waals surface area contributed by atoms with E-state index in [9.17, 15) is 0 Å². The first-order valence-electron chi connectivity index (χ1n) is 21.0. The number of fused-ring (bicyclic) bond motifs is 1. The molecule has 0 amide bonds. The van der Waals surface area contributed by atoms with Crippen molar-refractivity contribution < 1.29 is 0 Å². The monoisotopic (exact) mass is 733 g/mol. The van der Waals surface area contributed by atoms with Gasteiger partial charge in [-0.15, -0.1) is 0 Å². The summed E-state index contributed by atoms with van der Waals surface area (Å²) < 4.78 is 0. The largest absolute Gasteiger partial charge is 0.311 e. The van der Waals surface area contributed by atoms with Crippen molar-refractivity contribution in [2.75, 3.05) is 4.90 Å². The quantitative estimate of drug-likeness (QED) is 0.150. The topological polar surface area (TPSA) is 3.24 Å². The van der Waals surface area contributed by atoms with Crippen molar-refractivity contribution in [2.24, 2.45) is 17.8 Å². The first-order chi connectivity index (χ1) is 28.1. The highest BCUT2D eigenvalue weighted by atomic mass is 15.1. The molecule has 0 unspecified atom stereocenters. The van der Waals surface area contributed by atoms with Gasteiger partial charge in [0.2, 0.25) is 0 Å². The predicted molar refractivity (Wildman–Crippen MR) is 240 cm³/mol. The number of anilines is 3. The number of hydrogen-bond donors (Lipinski definition) is 0. The fraction of sp³-hybridized carbons (Fsp3) is 0.179. The lowest BCUT2D eigenvalue weighted by atomic mass is 9.48. The number of rotatable bonds is 8. The second-order valence-corrected chi connectivity index (χ2v) is 17.2. The molecule has 0 atom stereocenters. The molecule has 0 heterocycles. The molecule has 57 heavy (non-hydrogen) atoms. The molecule has 4 fully saturated rings. The summed E-state index contributed by atoms with van der Waals surface area (Å²) in [6.07, 6.45) is 8.74. The first kappa shape index (κ1) is 34.1. The zero-order valence-corrected chi connectivity index (χ0v) is 32.4. The predicted octanol–water partition coefficient (Wildman–Crippen LogP) is 15.4. The molecule has 0 aliphatic heterocycles. The van der Waals surface area contributed by atoms with E-state index in [1.54, 1.807) is 5.56 Å². The Balaban J connectivity index is 0.870. The van der Waals surface area contributed by atoms with E-state index in [1.807, 2.05) is 0 Å². The average molecular weight is 734 g/mol. The van der Waals surface area contributed by atoms with Crippen LogP contribution in [0.5, 0.6) is 0 Å². The highest BCUT2D eigenvalue weighted by molar-refractivity contribution is 5.97. The second-order valence-electron chi connectivity index (χ2n) is 17.2. The number of benzene rings is 8. The highest BCUT2D eigenvalue weighted by Crippen LogP contribution is 2.60. The van der Waals surface area contributed by atoms with Crippen LogP contribution in [0.1, 0.15) is 44.1 Å². The standard InChI is InChI=1S/C56H47N/c1-2-7-42(8-3-1)46-19-27-51(28-20-46)57(53-31-23-49(24-32-53)55-12-6-10-48-9-4-5-11-54(48)55)52-29-21-47(22-30-52)44-15-13-43(14-16-44)45-17-25-50(26-18-45)56-36-39-33-40(37-56)35-41(34-39)38-56/h1-32,39-41H,33-38H2. The summed E-state index contributed by atoms with van der Waals surface area (Å²) >= 11 is 0. The van der Waals surface area contributed by atoms with Crippen molar-refractivity contribution in [1.29, 1.82) is 0 Å². The third kappa shape index (κ3) is 6.36. The van der Waals surface area contributed by atoms with Crippen LogP contribution in [-0.2, 0) is 5.41 Å². The summed E-state index contributed by atoms with van der Waals surface area (Å²) in [6.45, 7) is 0. The Morgan fingerprint density at radius 3 is 1.23 bits per heavy atom. The molecule has 4 aliphatic carbocycles. The Bertz CT molecular complexity index is 2610. The van der Waals surface area contributed by atoms with Gasteiger partial charge in [0, 0.05) is 17.1 Å². The van der Waals surface area contributed by atoms with E-state index in [4.69, 9.17) is 0 Å². The van der Waals surface area contributed by atoms with Crippen molar-refractivity contribution in [3.63, 3.8) is 0 Å². The number of nitrogens with zero attached hydrogens (tertiary/aromatic N) is 1. The van der Waals surface area contributed by atoms with Gasteiger partial charge in [-0.25, -0.2) is 0 Å². The van der Waals surface area contributed by atoms with E-state index < -0.39 is 0 Å². The summed E-state index contributed by atoms with van der Waals surface area (Å²) in [5, 5.41) is 2.53. The molecule has 4 bridgehead atoms. The molecule has 0 saturated heterocycles. The number of hydrogen-bond acceptors (Lipinski definition) is 1. The average Bonchev–Trinajstić information content (AvgIpc) is 3.27. The lowest BCUT2D eigenvalue weighted by Crippen LogP contribution is -2.48. The maximum Gasteiger partial charge on any atom is 0.0462 e. The van der Waals surface area contributed by atoms with E-state index in [2.05, 4.69) is 199 Å². The summed E-state index contributed by atoms with van der Waals surface area (Å²) in [7, 11) is 0. The fourth-order valence-corrected chi connectivity index (χ4v) is 11.3. The molecule has 0 N–H and O–H groups in total. The van der Waals surface area contributed by atoms with E-state index in [1.165, 1.54) is 93.8 Å². The molecular weight excluding hydrogens is 687 g/mol. The van der Waals surface area contributed by atoms with E-state index in [0.29, 0.717) is 5.41 Å². The van der Waals surface area contributed by atoms with E-state index in [-0.39, 0.29) is 0 Å². The van der Waals surface area contributed by atoms with Crippen LogP contribution >= 0.6 is 0 Å². The molecule has 8 aromatic rings.